The van der Waals surface area contributed by atoms with Crippen molar-refractivity contribution in [3.63, 3.8) is 0 Å². The molecule has 0 saturated heterocycles. The number of ether oxygens (including phenoxy) is 1. The first-order chi connectivity index (χ1) is 18.2. The molecule has 3 aromatic carbocycles. The molecule has 0 radical (unpaired) electrons. The molecule has 0 spiro atoms. The number of nitrogens with two attached hydrogens (primary N) is 1. The highest BCUT2D eigenvalue weighted by atomic mass is 35.5. The molecule has 190 valence electrons. The van der Waals surface area contributed by atoms with E-state index in [0.717, 1.165) is 11.3 Å². The first kappa shape index (κ1) is 25.3. The number of nitrogens with zero attached hydrogens (tertiary/aromatic N) is 5. The molecule has 2 N–H and O–H groups in total. The van der Waals surface area contributed by atoms with Crippen LogP contribution in [-0.2, 0) is 6.42 Å². The van der Waals surface area contributed by atoms with E-state index in [0.29, 0.717) is 17.1 Å². The van der Waals surface area contributed by atoms with E-state index in [1.54, 1.807) is 11.6 Å². The quantitative estimate of drug-likeness (QED) is 0.247. The fraction of sp³-hybridized carbons (Fsp3) is 0.111. The van der Waals surface area contributed by atoms with Gasteiger partial charge in [0.2, 0.25) is 5.89 Å². The third kappa shape index (κ3) is 4.92. The Morgan fingerprint density at radius 3 is 2.68 bits per heavy atom. The van der Waals surface area contributed by atoms with Gasteiger partial charge in [-0.25, -0.2) is 9.07 Å². The van der Waals surface area contributed by atoms with Gasteiger partial charge in [-0.1, -0.05) is 41.4 Å². The van der Waals surface area contributed by atoms with Crippen LogP contribution in [0, 0.1) is 31.0 Å². The maximum absolute atomic E-state index is 15.4. The van der Waals surface area contributed by atoms with Crippen LogP contribution in [0.15, 0.2) is 59.0 Å². The third-order valence-corrected chi connectivity index (χ3v) is 6.23. The van der Waals surface area contributed by atoms with Crippen molar-refractivity contribution in [2.75, 3.05) is 5.73 Å². The maximum atomic E-state index is 15.4. The average Bonchev–Trinajstić information content (AvgIpc) is 3.46. The topological polar surface area (TPSA) is 116 Å². The van der Waals surface area contributed by atoms with Crippen LogP contribution in [0.25, 0.3) is 17.1 Å². The molecule has 0 unspecified atom stereocenters. The largest absolute Gasteiger partial charge is 0.453 e. The highest BCUT2D eigenvalue weighted by molar-refractivity contribution is 6.32. The molecular formula is C27H19Cl2FN6O2. The Labute approximate surface area is 227 Å². The number of hydrogen-bond donors (Lipinski definition) is 1. The zero-order valence-electron chi connectivity index (χ0n) is 20.2. The van der Waals surface area contributed by atoms with E-state index in [9.17, 15) is 0 Å². The summed E-state index contributed by atoms with van der Waals surface area (Å²) in [5.41, 5.74) is 9.83. The molecule has 2 aromatic heterocycles. The lowest BCUT2D eigenvalue weighted by Gasteiger charge is -2.11. The molecule has 5 rings (SSSR count). The smallest absolute Gasteiger partial charge is 0.253 e. The van der Waals surface area contributed by atoms with E-state index in [4.69, 9.17) is 43.4 Å². The lowest BCUT2D eigenvalue weighted by atomic mass is 10.1. The summed E-state index contributed by atoms with van der Waals surface area (Å²) in [5.74, 6) is -0.0849. The zero-order valence-corrected chi connectivity index (χ0v) is 21.7. The van der Waals surface area contributed by atoms with Crippen LogP contribution in [0.3, 0.4) is 0 Å². The van der Waals surface area contributed by atoms with E-state index in [1.165, 1.54) is 30.3 Å². The monoisotopic (exact) mass is 548 g/mol. The standard InChI is InChI=1S/C27H19Cl2FN6O2/c1-14-4-3-5-19(8-14)36-26(32)23(15(2)35-36)27-34-33-22(38-27)11-17-6-7-21(29)25(24(17)30)37-20-10-16(13-31)9-18(28)12-20/h3-10,12H,11,32H2,1-2H3. The fourth-order valence-electron chi connectivity index (χ4n) is 3.96. The van der Waals surface area contributed by atoms with Crippen LogP contribution in [-0.4, -0.2) is 20.0 Å². The summed E-state index contributed by atoms with van der Waals surface area (Å²) in [7, 11) is 0. The molecule has 11 heteroatoms. The minimum Gasteiger partial charge on any atom is -0.453 e. The minimum absolute atomic E-state index is 0.0314. The fourth-order valence-corrected chi connectivity index (χ4v) is 4.37. The first-order valence-corrected chi connectivity index (χ1v) is 12.1. The van der Waals surface area contributed by atoms with Gasteiger partial charge in [-0.2, -0.15) is 10.4 Å². The van der Waals surface area contributed by atoms with Crippen LogP contribution in [0.5, 0.6) is 11.5 Å². The van der Waals surface area contributed by atoms with E-state index in [1.807, 2.05) is 37.3 Å². The number of hydrogen-bond acceptors (Lipinski definition) is 7. The van der Waals surface area contributed by atoms with Crippen molar-refractivity contribution in [2.24, 2.45) is 0 Å². The molecular weight excluding hydrogens is 530 g/mol. The van der Waals surface area contributed by atoms with Crippen molar-refractivity contribution < 1.29 is 13.5 Å². The molecule has 0 amide bonds. The van der Waals surface area contributed by atoms with Crippen LogP contribution >= 0.6 is 23.2 Å². The molecule has 0 aliphatic heterocycles. The second-order valence-electron chi connectivity index (χ2n) is 8.51. The number of aromatic nitrogens is 4. The SMILES string of the molecule is Cc1cccc(-n2nc(C)c(-c3nnc(Cc4ccc(Cl)c(Oc5cc(Cl)cc(C#N)c5)c4F)o3)c2N)c1. The Balaban J connectivity index is 1.43. The van der Waals surface area contributed by atoms with Crippen molar-refractivity contribution in [2.45, 2.75) is 20.3 Å². The van der Waals surface area contributed by atoms with Gasteiger partial charge in [0.1, 0.15) is 17.1 Å². The number of halogens is 3. The molecule has 0 atom stereocenters. The molecule has 5 aromatic rings. The molecule has 8 nitrogen and oxygen atoms in total. The van der Waals surface area contributed by atoms with Gasteiger partial charge in [0.15, 0.2) is 11.6 Å². The molecule has 2 heterocycles. The number of nitriles is 1. The number of rotatable bonds is 6. The lowest BCUT2D eigenvalue weighted by Crippen LogP contribution is -2.02. The Kier molecular flexibility index (Phi) is 6.76. The van der Waals surface area contributed by atoms with Crippen LogP contribution < -0.4 is 10.5 Å². The van der Waals surface area contributed by atoms with Crippen molar-refractivity contribution in [3.05, 3.63) is 98.7 Å². The highest BCUT2D eigenvalue weighted by Crippen LogP contribution is 2.36. The molecule has 0 fully saturated rings. The Hall–Kier alpha value is -4.39. The first-order valence-electron chi connectivity index (χ1n) is 11.3. The summed E-state index contributed by atoms with van der Waals surface area (Å²) < 4.78 is 28.6. The Morgan fingerprint density at radius 2 is 1.92 bits per heavy atom. The van der Waals surface area contributed by atoms with Gasteiger partial charge in [-0.15, -0.1) is 10.2 Å². The second-order valence-corrected chi connectivity index (χ2v) is 9.36. The summed E-state index contributed by atoms with van der Waals surface area (Å²) in [5, 5.41) is 22.2. The summed E-state index contributed by atoms with van der Waals surface area (Å²) in [4.78, 5) is 0. The summed E-state index contributed by atoms with van der Waals surface area (Å²) in [6, 6.07) is 17.1. The predicted molar refractivity (Wildman–Crippen MR) is 141 cm³/mol. The van der Waals surface area contributed by atoms with E-state index < -0.39 is 5.82 Å². The normalized spacial score (nSPS) is 10.9. The van der Waals surface area contributed by atoms with Gasteiger partial charge in [-0.3, -0.25) is 0 Å². The van der Waals surface area contributed by atoms with Gasteiger partial charge >= 0.3 is 0 Å². The lowest BCUT2D eigenvalue weighted by molar-refractivity contribution is 0.437. The van der Waals surface area contributed by atoms with Crippen molar-refractivity contribution >= 4 is 29.0 Å². The van der Waals surface area contributed by atoms with E-state index in [-0.39, 0.29) is 50.9 Å². The summed E-state index contributed by atoms with van der Waals surface area (Å²) in [6.07, 6.45) is -0.0314. The molecule has 0 bridgehead atoms. The van der Waals surface area contributed by atoms with E-state index in [2.05, 4.69) is 15.3 Å². The van der Waals surface area contributed by atoms with Gasteiger partial charge < -0.3 is 14.9 Å². The van der Waals surface area contributed by atoms with Gasteiger partial charge in [0, 0.05) is 10.6 Å². The summed E-state index contributed by atoms with van der Waals surface area (Å²) >= 11 is 12.2. The molecule has 38 heavy (non-hydrogen) atoms. The number of nitrogen functional groups attached to an aromatic ring is 1. The maximum Gasteiger partial charge on any atom is 0.253 e. The predicted octanol–water partition coefficient (Wildman–Crippen LogP) is 6.82. The number of aryl methyl sites for hydroxylation is 2. The number of anilines is 1. The van der Waals surface area contributed by atoms with E-state index >= 15 is 4.39 Å². The van der Waals surface area contributed by atoms with Crippen molar-refractivity contribution in [1.29, 1.82) is 5.26 Å². The third-order valence-electron chi connectivity index (χ3n) is 5.71. The zero-order chi connectivity index (χ0) is 27.0. The minimum atomic E-state index is -0.710. The molecule has 0 aliphatic carbocycles. The number of benzene rings is 3. The van der Waals surface area contributed by atoms with Crippen LogP contribution in [0.4, 0.5) is 10.2 Å². The van der Waals surface area contributed by atoms with Gasteiger partial charge in [-0.05, 0) is 55.8 Å². The van der Waals surface area contributed by atoms with Gasteiger partial charge in [0.05, 0.1) is 34.5 Å². The van der Waals surface area contributed by atoms with Crippen LogP contribution in [0.1, 0.15) is 28.3 Å². The highest BCUT2D eigenvalue weighted by Gasteiger charge is 2.22. The van der Waals surface area contributed by atoms with Gasteiger partial charge in [0.25, 0.3) is 5.89 Å². The average molecular weight is 549 g/mol. The Morgan fingerprint density at radius 1 is 1.11 bits per heavy atom. The van der Waals surface area contributed by atoms with Crippen LogP contribution in [0.2, 0.25) is 10.0 Å². The molecule has 0 aliphatic rings. The Bertz CT molecular complexity index is 1720. The summed E-state index contributed by atoms with van der Waals surface area (Å²) in [6.45, 7) is 3.77. The van der Waals surface area contributed by atoms with Crippen molar-refractivity contribution in [3.8, 4) is 34.7 Å². The molecule has 0 saturated carbocycles. The van der Waals surface area contributed by atoms with Crippen molar-refractivity contribution in [1.82, 2.24) is 20.0 Å². The second kappa shape index (κ2) is 10.2.